The third-order valence-corrected chi connectivity index (χ3v) is 5.80. The fourth-order valence-corrected chi connectivity index (χ4v) is 3.43. The van der Waals surface area contributed by atoms with E-state index in [1.807, 2.05) is 24.3 Å². The summed E-state index contributed by atoms with van der Waals surface area (Å²) in [5, 5.41) is 4.27. The number of amides is 1. The van der Waals surface area contributed by atoms with E-state index in [1.165, 1.54) is 12.3 Å². The summed E-state index contributed by atoms with van der Waals surface area (Å²) in [5.41, 5.74) is 14.0. The topological polar surface area (TPSA) is 147 Å². The van der Waals surface area contributed by atoms with E-state index < -0.39 is 11.3 Å². The maximum Gasteiger partial charge on any atom is 0.267 e. The highest BCUT2D eigenvalue weighted by molar-refractivity contribution is 5.90. The van der Waals surface area contributed by atoms with Crippen molar-refractivity contribution in [1.82, 2.24) is 25.1 Å². The Hall–Kier alpha value is -4.14. The minimum Gasteiger partial charge on any atom is -0.368 e. The standard InChI is InChI=1S/C23H23N7O2/c1-13(2)23(3,17-7-4-14(5-8-17)16-11-27-22(25)28-12-16)21-29-20(32-30-21)15-6-9-18(19(24)31)26-10-15/h4-13H,1-3H3,(H2,24,31)(H2,25,27,28). The van der Waals surface area contributed by atoms with Crippen LogP contribution < -0.4 is 11.5 Å². The molecule has 3 heterocycles. The molecule has 0 aliphatic carbocycles. The molecule has 4 rings (SSSR count). The molecule has 1 aromatic carbocycles. The SMILES string of the molecule is CC(C)C(C)(c1ccc(-c2cnc(N)nc2)cc1)c1noc(-c2ccc(C(N)=O)nc2)n1. The molecule has 1 unspecified atom stereocenters. The highest BCUT2D eigenvalue weighted by Crippen LogP contribution is 2.38. The molecule has 0 saturated heterocycles. The normalized spacial score (nSPS) is 13.1. The molecular weight excluding hydrogens is 406 g/mol. The number of hydrogen-bond acceptors (Lipinski definition) is 8. The molecule has 0 spiro atoms. The number of benzene rings is 1. The number of nitrogens with two attached hydrogens (primary N) is 2. The molecule has 3 aromatic heterocycles. The minimum absolute atomic E-state index is 0.173. The molecule has 32 heavy (non-hydrogen) atoms. The van der Waals surface area contributed by atoms with Gasteiger partial charge in [-0.1, -0.05) is 43.3 Å². The van der Waals surface area contributed by atoms with Crippen LogP contribution in [0.25, 0.3) is 22.6 Å². The van der Waals surface area contributed by atoms with Crippen molar-refractivity contribution in [1.29, 1.82) is 0 Å². The molecule has 0 fully saturated rings. The number of aromatic nitrogens is 5. The van der Waals surface area contributed by atoms with Crippen molar-refractivity contribution in [3.63, 3.8) is 0 Å². The lowest BCUT2D eigenvalue weighted by atomic mass is 9.72. The quantitative estimate of drug-likeness (QED) is 0.475. The second-order valence-electron chi connectivity index (χ2n) is 7.98. The van der Waals surface area contributed by atoms with E-state index in [9.17, 15) is 4.79 Å². The Morgan fingerprint density at radius 1 is 0.938 bits per heavy atom. The van der Waals surface area contributed by atoms with Gasteiger partial charge in [-0.2, -0.15) is 4.98 Å². The lowest BCUT2D eigenvalue weighted by molar-refractivity contribution is 0.0995. The Morgan fingerprint density at radius 2 is 1.56 bits per heavy atom. The summed E-state index contributed by atoms with van der Waals surface area (Å²) in [6.45, 7) is 6.31. The van der Waals surface area contributed by atoms with Crippen LogP contribution in [0.2, 0.25) is 0 Å². The van der Waals surface area contributed by atoms with Gasteiger partial charge in [-0.15, -0.1) is 0 Å². The molecule has 9 nitrogen and oxygen atoms in total. The molecule has 0 bridgehead atoms. The number of carbonyl (C=O) groups is 1. The summed E-state index contributed by atoms with van der Waals surface area (Å²) in [4.78, 5) is 28.0. The molecular formula is C23H23N7O2. The molecule has 162 valence electrons. The van der Waals surface area contributed by atoms with Gasteiger partial charge < -0.3 is 16.0 Å². The number of nitrogen functional groups attached to an aromatic ring is 1. The van der Waals surface area contributed by atoms with Gasteiger partial charge in [0.2, 0.25) is 5.95 Å². The molecule has 0 saturated carbocycles. The predicted molar refractivity (Wildman–Crippen MR) is 119 cm³/mol. The number of pyridine rings is 1. The van der Waals surface area contributed by atoms with Gasteiger partial charge in [0.05, 0.1) is 11.0 Å². The van der Waals surface area contributed by atoms with Gasteiger partial charge in [0.1, 0.15) is 5.69 Å². The molecule has 1 atom stereocenters. The van der Waals surface area contributed by atoms with Gasteiger partial charge in [-0.25, -0.2) is 9.97 Å². The molecule has 4 aromatic rings. The Kier molecular flexibility index (Phi) is 5.40. The molecule has 1 amide bonds. The van der Waals surface area contributed by atoms with Crippen LogP contribution >= 0.6 is 0 Å². The van der Waals surface area contributed by atoms with Gasteiger partial charge in [0, 0.05) is 24.2 Å². The molecule has 0 radical (unpaired) electrons. The summed E-state index contributed by atoms with van der Waals surface area (Å²) in [7, 11) is 0. The number of anilines is 1. The zero-order chi connectivity index (χ0) is 22.9. The maximum atomic E-state index is 11.2. The number of hydrogen-bond donors (Lipinski definition) is 2. The first kappa shape index (κ1) is 21.1. The number of carbonyl (C=O) groups excluding carboxylic acids is 1. The van der Waals surface area contributed by atoms with Gasteiger partial charge in [-0.3, -0.25) is 9.78 Å². The first-order chi connectivity index (χ1) is 15.3. The highest BCUT2D eigenvalue weighted by Gasteiger charge is 2.37. The maximum absolute atomic E-state index is 11.2. The average Bonchev–Trinajstić information content (AvgIpc) is 3.30. The van der Waals surface area contributed by atoms with Gasteiger partial charge in [0.25, 0.3) is 11.8 Å². The van der Waals surface area contributed by atoms with Gasteiger partial charge >= 0.3 is 0 Å². The van der Waals surface area contributed by atoms with Crippen LogP contribution in [0.15, 0.2) is 59.5 Å². The van der Waals surface area contributed by atoms with E-state index in [4.69, 9.17) is 16.0 Å². The van der Waals surface area contributed by atoms with Crippen molar-refractivity contribution in [2.75, 3.05) is 5.73 Å². The van der Waals surface area contributed by atoms with Crippen LogP contribution in [0.1, 0.15) is 42.6 Å². The van der Waals surface area contributed by atoms with Gasteiger partial charge in [-0.05, 0) is 36.1 Å². The third-order valence-electron chi connectivity index (χ3n) is 5.80. The van der Waals surface area contributed by atoms with Crippen LogP contribution in [-0.2, 0) is 5.41 Å². The average molecular weight is 429 g/mol. The van der Waals surface area contributed by atoms with Crippen molar-refractivity contribution in [2.24, 2.45) is 11.7 Å². The smallest absolute Gasteiger partial charge is 0.267 e. The van der Waals surface area contributed by atoms with Crippen molar-refractivity contribution in [3.8, 4) is 22.6 Å². The Labute approximate surface area is 184 Å². The van der Waals surface area contributed by atoms with Gasteiger partial charge in [0.15, 0.2) is 5.82 Å². The largest absolute Gasteiger partial charge is 0.368 e. The zero-order valence-electron chi connectivity index (χ0n) is 18.0. The third kappa shape index (κ3) is 3.80. The highest BCUT2D eigenvalue weighted by atomic mass is 16.5. The van der Waals surface area contributed by atoms with Crippen molar-refractivity contribution < 1.29 is 9.32 Å². The molecule has 4 N–H and O–H groups in total. The minimum atomic E-state index is -0.593. The number of nitrogens with zero attached hydrogens (tertiary/aromatic N) is 5. The first-order valence-corrected chi connectivity index (χ1v) is 10.1. The zero-order valence-corrected chi connectivity index (χ0v) is 18.0. The predicted octanol–water partition coefficient (Wildman–Crippen LogP) is 3.23. The summed E-state index contributed by atoms with van der Waals surface area (Å²) in [6.07, 6.45) is 4.89. The molecule has 9 heteroatoms. The molecule has 0 aliphatic rings. The Bertz CT molecular complexity index is 1230. The fraction of sp³-hybridized carbons (Fsp3) is 0.217. The van der Waals surface area contributed by atoms with E-state index >= 15 is 0 Å². The summed E-state index contributed by atoms with van der Waals surface area (Å²) in [5.74, 6) is 0.708. The van der Waals surface area contributed by atoms with Crippen LogP contribution in [0.4, 0.5) is 5.95 Å². The number of rotatable bonds is 6. The van der Waals surface area contributed by atoms with E-state index in [0.29, 0.717) is 17.3 Å². The molecule has 0 aliphatic heterocycles. The second-order valence-corrected chi connectivity index (χ2v) is 7.98. The lowest BCUT2D eigenvalue weighted by Gasteiger charge is -2.31. The van der Waals surface area contributed by atoms with E-state index in [-0.39, 0.29) is 17.6 Å². The van der Waals surface area contributed by atoms with E-state index in [2.05, 4.69) is 45.9 Å². The second kappa shape index (κ2) is 8.18. The van der Waals surface area contributed by atoms with Crippen LogP contribution in [0.5, 0.6) is 0 Å². The number of primary amides is 1. The van der Waals surface area contributed by atoms with E-state index in [0.717, 1.165) is 16.7 Å². The van der Waals surface area contributed by atoms with Crippen molar-refractivity contribution >= 4 is 11.9 Å². The summed E-state index contributed by atoms with van der Waals surface area (Å²) < 4.78 is 5.53. The fourth-order valence-electron chi connectivity index (χ4n) is 3.43. The van der Waals surface area contributed by atoms with Crippen LogP contribution in [0, 0.1) is 5.92 Å². The Balaban J connectivity index is 1.67. The first-order valence-electron chi connectivity index (χ1n) is 10.1. The van der Waals surface area contributed by atoms with Crippen LogP contribution in [-0.4, -0.2) is 31.0 Å². The summed E-state index contributed by atoms with van der Waals surface area (Å²) in [6, 6.07) is 11.3. The lowest BCUT2D eigenvalue weighted by Crippen LogP contribution is -2.31. The van der Waals surface area contributed by atoms with Crippen LogP contribution in [0.3, 0.4) is 0 Å². The van der Waals surface area contributed by atoms with E-state index in [1.54, 1.807) is 18.5 Å². The Morgan fingerprint density at radius 3 is 2.12 bits per heavy atom. The summed E-state index contributed by atoms with van der Waals surface area (Å²) >= 11 is 0. The van der Waals surface area contributed by atoms with Crippen molar-refractivity contribution in [3.05, 3.63) is 72.1 Å². The monoisotopic (exact) mass is 429 g/mol. The van der Waals surface area contributed by atoms with Crippen molar-refractivity contribution in [2.45, 2.75) is 26.2 Å².